The fourth-order valence-corrected chi connectivity index (χ4v) is 1.84. The topological polar surface area (TPSA) is 60.2 Å². The van der Waals surface area contributed by atoms with E-state index < -0.39 is 0 Å². The summed E-state index contributed by atoms with van der Waals surface area (Å²) in [5.41, 5.74) is 0. The van der Waals surface area contributed by atoms with E-state index in [1.54, 1.807) is 18.4 Å². The van der Waals surface area contributed by atoms with Crippen LogP contribution in [0.4, 0.5) is 0 Å². The molecule has 2 rings (SSSR count). The minimum atomic E-state index is 0. The first kappa shape index (κ1) is 14.1. The maximum atomic E-state index is 5.49. The summed E-state index contributed by atoms with van der Waals surface area (Å²) in [5.74, 6) is 1.18. The summed E-state index contributed by atoms with van der Waals surface area (Å²) >= 11 is 1.58. The number of halogens is 1. The molecule has 5 nitrogen and oxygen atoms in total. The van der Waals surface area contributed by atoms with E-state index in [0.717, 1.165) is 11.4 Å². The summed E-state index contributed by atoms with van der Waals surface area (Å²) in [6, 6.07) is 3.92. The predicted octanol–water partition coefficient (Wildman–Crippen LogP) is -1.46. The fraction of sp³-hybridized carbons (Fsp3) is 0.400. The molecule has 2 heterocycles. The summed E-state index contributed by atoms with van der Waals surface area (Å²) in [4.78, 5) is 0.996. The molecule has 17 heavy (non-hydrogen) atoms. The van der Waals surface area contributed by atoms with Crippen LogP contribution >= 0.6 is 11.3 Å². The van der Waals surface area contributed by atoms with Gasteiger partial charge in [-0.25, -0.2) is 0 Å². The van der Waals surface area contributed by atoms with E-state index in [2.05, 4.69) is 15.5 Å². The Morgan fingerprint density at radius 2 is 2.35 bits per heavy atom. The maximum Gasteiger partial charge on any atom is 0.257 e. The van der Waals surface area contributed by atoms with Gasteiger partial charge in [0.05, 0.1) is 18.0 Å². The first-order valence-electron chi connectivity index (χ1n) is 4.96. The molecule has 2 aromatic heterocycles. The van der Waals surface area contributed by atoms with Crippen LogP contribution < -0.4 is 17.7 Å². The average Bonchev–Trinajstić information content (AvgIpc) is 2.94. The minimum Gasteiger partial charge on any atom is -1.00 e. The van der Waals surface area contributed by atoms with Crippen LogP contribution in [0.25, 0.3) is 10.8 Å². The number of methoxy groups -OCH3 is 1. The van der Waals surface area contributed by atoms with Gasteiger partial charge >= 0.3 is 0 Å². The smallest absolute Gasteiger partial charge is 0.257 e. The largest absolute Gasteiger partial charge is 1.00 e. The lowest BCUT2D eigenvalue weighted by Crippen LogP contribution is -3.00. The van der Waals surface area contributed by atoms with E-state index in [1.165, 1.54) is 0 Å². The highest BCUT2D eigenvalue weighted by Crippen LogP contribution is 2.22. The van der Waals surface area contributed by atoms with Crippen molar-refractivity contribution in [3.05, 3.63) is 23.4 Å². The summed E-state index contributed by atoms with van der Waals surface area (Å²) < 4.78 is 10.4. The Labute approximate surface area is 110 Å². The van der Waals surface area contributed by atoms with Crippen LogP contribution in [0.15, 0.2) is 21.9 Å². The molecule has 0 saturated carbocycles. The quantitative estimate of drug-likeness (QED) is 0.653. The summed E-state index contributed by atoms with van der Waals surface area (Å²) in [6.07, 6.45) is 0. The van der Waals surface area contributed by atoms with Gasteiger partial charge in [-0.05, 0) is 11.4 Å². The Bertz CT molecular complexity index is 419. The van der Waals surface area contributed by atoms with Gasteiger partial charge in [0.1, 0.15) is 0 Å². The summed E-state index contributed by atoms with van der Waals surface area (Å²) in [7, 11) is 1.67. The van der Waals surface area contributed by atoms with Crippen molar-refractivity contribution >= 4 is 11.3 Å². The second-order valence-electron chi connectivity index (χ2n) is 3.15. The molecule has 0 saturated heterocycles. The maximum absolute atomic E-state index is 5.49. The number of nitrogens with one attached hydrogen (secondary N) is 1. The molecule has 0 spiro atoms. The van der Waals surface area contributed by atoms with Crippen molar-refractivity contribution < 1.29 is 21.6 Å². The zero-order valence-corrected chi connectivity index (χ0v) is 10.9. The molecule has 0 amide bonds. The lowest BCUT2D eigenvalue weighted by Gasteiger charge is -1.98. The molecule has 2 aromatic rings. The molecule has 0 aliphatic carbocycles. The van der Waals surface area contributed by atoms with Crippen molar-refractivity contribution in [2.75, 3.05) is 20.3 Å². The Hall–Kier alpha value is -0.950. The van der Waals surface area contributed by atoms with Crippen molar-refractivity contribution in [2.24, 2.45) is 0 Å². The highest BCUT2D eigenvalue weighted by atomic mass is 35.5. The number of thiophene rings is 1. The number of ether oxygens (including phenoxy) is 1. The van der Waals surface area contributed by atoms with Crippen LogP contribution in [0.1, 0.15) is 5.89 Å². The summed E-state index contributed by atoms with van der Waals surface area (Å²) in [6.45, 7) is 2.01. The Kier molecular flexibility index (Phi) is 6.13. The van der Waals surface area contributed by atoms with Gasteiger partial charge in [-0.2, -0.15) is 0 Å². The third kappa shape index (κ3) is 4.08. The minimum absolute atomic E-state index is 0. The zero-order valence-electron chi connectivity index (χ0n) is 9.35. The van der Waals surface area contributed by atoms with Crippen LogP contribution in [0.2, 0.25) is 0 Å². The van der Waals surface area contributed by atoms with Gasteiger partial charge in [-0.1, -0.05) is 6.07 Å². The molecule has 0 aliphatic rings. The van der Waals surface area contributed by atoms with Crippen molar-refractivity contribution in [2.45, 2.75) is 6.54 Å². The van der Waals surface area contributed by atoms with E-state index in [0.29, 0.717) is 24.9 Å². The second-order valence-corrected chi connectivity index (χ2v) is 4.10. The van der Waals surface area contributed by atoms with Crippen molar-refractivity contribution in [1.82, 2.24) is 15.5 Å². The van der Waals surface area contributed by atoms with Crippen LogP contribution in [-0.4, -0.2) is 30.5 Å². The highest BCUT2D eigenvalue weighted by Gasteiger charge is 2.08. The molecule has 0 aliphatic heterocycles. The molecule has 0 fully saturated rings. The van der Waals surface area contributed by atoms with E-state index in [4.69, 9.17) is 9.15 Å². The standard InChI is InChI=1S/C10H13N3O2S.ClH/c1-14-5-4-11-7-9-12-13-10(15-9)8-3-2-6-16-8;/h2-3,6,11H,4-5,7H2,1H3;1H/p-1. The summed E-state index contributed by atoms with van der Waals surface area (Å²) in [5, 5.41) is 13.1. The van der Waals surface area contributed by atoms with Crippen LogP contribution in [-0.2, 0) is 11.3 Å². The predicted molar refractivity (Wildman–Crippen MR) is 61.2 cm³/mol. The molecule has 7 heteroatoms. The molecular weight excluding hydrogens is 262 g/mol. The van der Waals surface area contributed by atoms with E-state index in [9.17, 15) is 0 Å². The Morgan fingerprint density at radius 1 is 1.47 bits per heavy atom. The second kappa shape index (κ2) is 7.39. The molecule has 0 bridgehead atoms. The lowest BCUT2D eigenvalue weighted by molar-refractivity contribution is -0.00000437. The van der Waals surface area contributed by atoms with Crippen molar-refractivity contribution in [3.8, 4) is 10.8 Å². The van der Waals surface area contributed by atoms with Gasteiger partial charge in [-0.15, -0.1) is 21.5 Å². The molecule has 0 atom stereocenters. The third-order valence-electron chi connectivity index (χ3n) is 1.96. The van der Waals surface area contributed by atoms with E-state index in [1.807, 2.05) is 17.5 Å². The van der Waals surface area contributed by atoms with Crippen LogP contribution in [0.5, 0.6) is 0 Å². The van der Waals surface area contributed by atoms with E-state index >= 15 is 0 Å². The van der Waals surface area contributed by atoms with Crippen molar-refractivity contribution in [1.29, 1.82) is 0 Å². The Balaban J connectivity index is 0.00000144. The molecule has 94 valence electrons. The van der Waals surface area contributed by atoms with Gasteiger partial charge < -0.3 is 26.9 Å². The molecular formula is C10H13ClN3O2S-. The van der Waals surface area contributed by atoms with Crippen LogP contribution in [0, 0.1) is 0 Å². The molecule has 0 aromatic carbocycles. The fourth-order valence-electron chi connectivity index (χ4n) is 1.19. The van der Waals surface area contributed by atoms with E-state index in [-0.39, 0.29) is 12.4 Å². The number of rotatable bonds is 6. The molecule has 0 unspecified atom stereocenters. The normalized spacial score (nSPS) is 10.2. The molecule has 0 radical (unpaired) electrons. The first-order chi connectivity index (χ1) is 7.90. The monoisotopic (exact) mass is 274 g/mol. The van der Waals surface area contributed by atoms with Gasteiger partial charge in [0.25, 0.3) is 5.89 Å². The SMILES string of the molecule is COCCNCc1nnc(-c2cccs2)o1.[Cl-]. The van der Waals surface area contributed by atoms with Gasteiger partial charge in [-0.3, -0.25) is 0 Å². The van der Waals surface area contributed by atoms with Gasteiger partial charge in [0, 0.05) is 13.7 Å². The third-order valence-corrected chi connectivity index (χ3v) is 2.82. The zero-order chi connectivity index (χ0) is 11.2. The van der Waals surface area contributed by atoms with Gasteiger partial charge in [0.15, 0.2) is 0 Å². The number of hydrogen-bond acceptors (Lipinski definition) is 6. The first-order valence-corrected chi connectivity index (χ1v) is 5.84. The molecule has 1 N–H and O–H groups in total. The Morgan fingerprint density at radius 3 is 3.06 bits per heavy atom. The van der Waals surface area contributed by atoms with Gasteiger partial charge in [0.2, 0.25) is 5.89 Å². The van der Waals surface area contributed by atoms with Crippen LogP contribution in [0.3, 0.4) is 0 Å². The average molecular weight is 275 g/mol. The lowest BCUT2D eigenvalue weighted by atomic mass is 10.5. The highest BCUT2D eigenvalue weighted by molar-refractivity contribution is 7.13. The number of nitrogens with zero attached hydrogens (tertiary/aromatic N) is 2. The van der Waals surface area contributed by atoms with Crippen molar-refractivity contribution in [3.63, 3.8) is 0 Å². The number of hydrogen-bond donors (Lipinski definition) is 1. The number of aromatic nitrogens is 2.